The molecule has 13 heavy (non-hydrogen) atoms. The van der Waals surface area contributed by atoms with Gasteiger partial charge in [0.1, 0.15) is 6.04 Å². The second-order valence-corrected chi connectivity index (χ2v) is 3.51. The van der Waals surface area contributed by atoms with Crippen molar-refractivity contribution in [3.63, 3.8) is 0 Å². The van der Waals surface area contributed by atoms with Crippen molar-refractivity contribution >= 4 is 5.97 Å². The minimum absolute atomic E-state index is 0.203. The molecule has 78 valence electrons. The molecule has 0 rings (SSSR count). The maximum absolute atomic E-state index is 10.8. The van der Waals surface area contributed by atoms with Gasteiger partial charge in [-0.15, -0.1) is 0 Å². The van der Waals surface area contributed by atoms with Crippen LogP contribution in [0.5, 0.6) is 0 Å². The van der Waals surface area contributed by atoms with Crippen LogP contribution in [0.1, 0.15) is 40.0 Å². The first-order chi connectivity index (χ1) is 6.13. The van der Waals surface area contributed by atoms with Crippen molar-refractivity contribution in [3.05, 3.63) is 0 Å². The largest absolute Gasteiger partial charge is 0.480 e. The summed E-state index contributed by atoms with van der Waals surface area (Å²) < 4.78 is 0. The highest BCUT2D eigenvalue weighted by molar-refractivity contribution is 5.73. The van der Waals surface area contributed by atoms with E-state index in [1.54, 1.807) is 0 Å². The molecule has 3 heteroatoms. The minimum Gasteiger partial charge on any atom is -0.480 e. The average Bonchev–Trinajstić information content (AvgIpc) is 2.11. The zero-order valence-corrected chi connectivity index (χ0v) is 8.84. The number of carboxylic acid groups (broad SMARTS) is 1. The van der Waals surface area contributed by atoms with E-state index in [4.69, 9.17) is 5.11 Å². The quantitative estimate of drug-likeness (QED) is 0.598. The van der Waals surface area contributed by atoms with Gasteiger partial charge in [-0.2, -0.15) is 0 Å². The fourth-order valence-corrected chi connectivity index (χ4v) is 1.20. The number of rotatable bonds is 7. The predicted molar refractivity (Wildman–Crippen MR) is 53.8 cm³/mol. The summed E-state index contributed by atoms with van der Waals surface area (Å²) in [4.78, 5) is 10.8. The first kappa shape index (κ1) is 12.4. The molecular formula is C10H21NO2. The number of unbranched alkanes of at least 4 members (excludes halogenated alkanes) is 1. The van der Waals surface area contributed by atoms with E-state index in [-0.39, 0.29) is 12.0 Å². The lowest BCUT2D eigenvalue weighted by Gasteiger charge is -2.19. The van der Waals surface area contributed by atoms with Gasteiger partial charge in [-0.1, -0.05) is 33.6 Å². The number of hydrogen-bond donors (Lipinski definition) is 2. The van der Waals surface area contributed by atoms with Crippen molar-refractivity contribution in [3.8, 4) is 0 Å². The topological polar surface area (TPSA) is 49.3 Å². The molecule has 2 atom stereocenters. The molecule has 0 aliphatic carbocycles. The molecule has 0 saturated heterocycles. The van der Waals surface area contributed by atoms with Gasteiger partial charge in [0, 0.05) is 0 Å². The van der Waals surface area contributed by atoms with Crippen LogP contribution in [0, 0.1) is 5.92 Å². The number of nitrogens with one attached hydrogen (secondary N) is 1. The van der Waals surface area contributed by atoms with E-state index in [1.165, 1.54) is 0 Å². The summed E-state index contributed by atoms with van der Waals surface area (Å²) in [5, 5.41) is 12.0. The zero-order chi connectivity index (χ0) is 10.3. The van der Waals surface area contributed by atoms with Crippen LogP contribution in [0.2, 0.25) is 0 Å². The number of aliphatic carboxylic acids is 1. The van der Waals surface area contributed by atoms with Gasteiger partial charge in [-0.05, 0) is 18.9 Å². The van der Waals surface area contributed by atoms with Gasteiger partial charge in [0.25, 0.3) is 0 Å². The number of carboxylic acids is 1. The van der Waals surface area contributed by atoms with Crippen LogP contribution in [0.3, 0.4) is 0 Å². The molecule has 0 heterocycles. The van der Waals surface area contributed by atoms with E-state index in [0.717, 1.165) is 25.8 Å². The first-order valence-corrected chi connectivity index (χ1v) is 5.09. The molecule has 0 bridgehead atoms. The lowest BCUT2D eigenvalue weighted by Crippen LogP contribution is -2.42. The molecule has 0 fully saturated rings. The molecule has 0 aliphatic heterocycles. The molecule has 3 nitrogen and oxygen atoms in total. The highest BCUT2D eigenvalue weighted by atomic mass is 16.4. The Morgan fingerprint density at radius 1 is 1.46 bits per heavy atom. The Kier molecular flexibility index (Phi) is 6.59. The van der Waals surface area contributed by atoms with Crippen LogP contribution in [-0.4, -0.2) is 23.7 Å². The maximum atomic E-state index is 10.8. The third-order valence-corrected chi connectivity index (χ3v) is 2.37. The van der Waals surface area contributed by atoms with Crippen molar-refractivity contribution in [2.45, 2.75) is 46.1 Å². The van der Waals surface area contributed by atoms with Crippen molar-refractivity contribution < 1.29 is 9.90 Å². The SMILES string of the molecule is CCCCNC(C(=O)O)C(C)CC. The molecule has 0 aromatic carbocycles. The summed E-state index contributed by atoms with van der Waals surface area (Å²) in [6, 6.07) is -0.378. The zero-order valence-electron chi connectivity index (χ0n) is 8.84. The Balaban J connectivity index is 3.88. The number of carbonyl (C=O) groups is 1. The molecule has 0 radical (unpaired) electrons. The second kappa shape index (κ2) is 6.89. The molecule has 0 saturated carbocycles. The van der Waals surface area contributed by atoms with Crippen molar-refractivity contribution in [1.82, 2.24) is 5.32 Å². The van der Waals surface area contributed by atoms with Crippen molar-refractivity contribution in [1.29, 1.82) is 0 Å². The van der Waals surface area contributed by atoms with E-state index in [1.807, 2.05) is 13.8 Å². The second-order valence-electron chi connectivity index (χ2n) is 3.51. The minimum atomic E-state index is -0.731. The highest BCUT2D eigenvalue weighted by Crippen LogP contribution is 2.07. The third kappa shape index (κ3) is 4.88. The summed E-state index contributed by atoms with van der Waals surface area (Å²) in [6.45, 7) is 6.89. The summed E-state index contributed by atoms with van der Waals surface area (Å²) in [5.41, 5.74) is 0. The molecule has 2 unspecified atom stereocenters. The standard InChI is InChI=1S/C10H21NO2/c1-4-6-7-11-9(10(12)13)8(3)5-2/h8-9,11H,4-7H2,1-3H3,(H,12,13). The molecule has 0 aromatic rings. The Hall–Kier alpha value is -0.570. The monoisotopic (exact) mass is 187 g/mol. The van der Waals surface area contributed by atoms with E-state index < -0.39 is 5.97 Å². The number of hydrogen-bond acceptors (Lipinski definition) is 2. The molecule has 0 aromatic heterocycles. The predicted octanol–water partition coefficient (Wildman–Crippen LogP) is 1.88. The van der Waals surface area contributed by atoms with Crippen molar-refractivity contribution in [2.24, 2.45) is 5.92 Å². The van der Waals surface area contributed by atoms with Gasteiger partial charge in [0.2, 0.25) is 0 Å². The van der Waals surface area contributed by atoms with Gasteiger partial charge < -0.3 is 10.4 Å². The summed E-state index contributed by atoms with van der Waals surface area (Å²) in [5.74, 6) is -0.528. The third-order valence-electron chi connectivity index (χ3n) is 2.37. The van der Waals surface area contributed by atoms with Crippen LogP contribution in [-0.2, 0) is 4.79 Å². The van der Waals surface area contributed by atoms with E-state index in [2.05, 4.69) is 12.2 Å². The van der Waals surface area contributed by atoms with Gasteiger partial charge in [0.05, 0.1) is 0 Å². The van der Waals surface area contributed by atoms with E-state index in [0.29, 0.717) is 0 Å². The average molecular weight is 187 g/mol. The first-order valence-electron chi connectivity index (χ1n) is 5.09. The highest BCUT2D eigenvalue weighted by Gasteiger charge is 2.21. The fraction of sp³-hybridized carbons (Fsp3) is 0.900. The van der Waals surface area contributed by atoms with Crippen LogP contribution < -0.4 is 5.32 Å². The molecule has 0 aliphatic rings. The smallest absolute Gasteiger partial charge is 0.320 e. The fourth-order valence-electron chi connectivity index (χ4n) is 1.20. The molecule has 0 spiro atoms. The summed E-state index contributed by atoms with van der Waals surface area (Å²) in [7, 11) is 0. The van der Waals surface area contributed by atoms with Gasteiger partial charge in [-0.25, -0.2) is 0 Å². The lowest BCUT2D eigenvalue weighted by molar-refractivity contribution is -0.140. The Bertz CT molecular complexity index is 148. The molecule has 2 N–H and O–H groups in total. The van der Waals surface area contributed by atoms with Crippen LogP contribution in [0.4, 0.5) is 0 Å². The van der Waals surface area contributed by atoms with E-state index in [9.17, 15) is 4.79 Å². The Labute approximate surface area is 80.5 Å². The molecular weight excluding hydrogens is 166 g/mol. The van der Waals surface area contributed by atoms with Gasteiger partial charge >= 0.3 is 5.97 Å². The van der Waals surface area contributed by atoms with E-state index >= 15 is 0 Å². The van der Waals surface area contributed by atoms with Crippen LogP contribution >= 0.6 is 0 Å². The summed E-state index contributed by atoms with van der Waals surface area (Å²) in [6.07, 6.45) is 3.04. The Morgan fingerprint density at radius 3 is 2.46 bits per heavy atom. The molecule has 0 amide bonds. The maximum Gasteiger partial charge on any atom is 0.320 e. The van der Waals surface area contributed by atoms with Gasteiger partial charge in [-0.3, -0.25) is 4.79 Å². The van der Waals surface area contributed by atoms with Crippen molar-refractivity contribution in [2.75, 3.05) is 6.54 Å². The normalized spacial score (nSPS) is 15.3. The summed E-state index contributed by atoms with van der Waals surface area (Å²) >= 11 is 0. The van der Waals surface area contributed by atoms with Gasteiger partial charge in [0.15, 0.2) is 0 Å². The van der Waals surface area contributed by atoms with Crippen LogP contribution in [0.15, 0.2) is 0 Å². The lowest BCUT2D eigenvalue weighted by atomic mass is 9.99. The van der Waals surface area contributed by atoms with Crippen LogP contribution in [0.25, 0.3) is 0 Å². The Morgan fingerprint density at radius 2 is 2.08 bits per heavy atom.